The number of aromatic hydroxyl groups is 1. The highest BCUT2D eigenvalue weighted by Crippen LogP contribution is 2.24. The molecule has 0 radical (unpaired) electrons. The molecule has 0 spiro atoms. The summed E-state index contributed by atoms with van der Waals surface area (Å²) in [6, 6.07) is 13.0. The van der Waals surface area contributed by atoms with Crippen LogP contribution in [0.1, 0.15) is 32.6 Å². The number of hydrogen-bond acceptors (Lipinski definition) is 5. The van der Waals surface area contributed by atoms with E-state index < -0.39 is 0 Å². The summed E-state index contributed by atoms with van der Waals surface area (Å²) in [4.78, 5) is 18.3. The number of nitrogens with one attached hydrogen (secondary N) is 2. The van der Waals surface area contributed by atoms with E-state index in [1.165, 1.54) is 12.8 Å². The Morgan fingerprint density at radius 3 is 2.90 bits per heavy atom. The lowest BCUT2D eigenvalue weighted by Gasteiger charge is -2.25. The zero-order valence-electron chi connectivity index (χ0n) is 16.8. The summed E-state index contributed by atoms with van der Waals surface area (Å²) < 4.78 is 1.77. The molecule has 2 aromatic carbocycles. The Balaban J connectivity index is 1.84. The van der Waals surface area contributed by atoms with Crippen molar-refractivity contribution in [1.29, 1.82) is 0 Å². The van der Waals surface area contributed by atoms with Crippen molar-refractivity contribution in [3.8, 4) is 17.1 Å². The van der Waals surface area contributed by atoms with E-state index in [2.05, 4.69) is 17.6 Å². The molecule has 0 aliphatic carbocycles. The first kappa shape index (κ1) is 19.5. The van der Waals surface area contributed by atoms with Gasteiger partial charge in [-0.2, -0.15) is 0 Å². The van der Waals surface area contributed by atoms with Gasteiger partial charge in [-0.25, -0.2) is 4.98 Å². The third kappa shape index (κ3) is 4.27. The molecular formula is C23H28N4O2. The number of aromatic nitrogens is 2. The molecule has 1 unspecified atom stereocenters. The van der Waals surface area contributed by atoms with E-state index in [-0.39, 0.29) is 17.4 Å². The quantitative estimate of drug-likeness (QED) is 0.596. The predicted octanol–water partition coefficient (Wildman–Crippen LogP) is 3.73. The van der Waals surface area contributed by atoms with Crippen LogP contribution in [0.5, 0.6) is 5.75 Å². The second-order valence-corrected chi connectivity index (χ2v) is 7.71. The van der Waals surface area contributed by atoms with Crippen LogP contribution in [0.4, 0.5) is 5.69 Å². The molecule has 1 aromatic heterocycles. The molecule has 6 nitrogen and oxygen atoms in total. The molecule has 1 saturated heterocycles. The molecule has 0 amide bonds. The van der Waals surface area contributed by atoms with Gasteiger partial charge in [-0.3, -0.25) is 9.36 Å². The highest BCUT2D eigenvalue weighted by molar-refractivity contribution is 5.83. The van der Waals surface area contributed by atoms with Gasteiger partial charge in [0.15, 0.2) is 0 Å². The first-order chi connectivity index (χ1) is 14.2. The highest BCUT2D eigenvalue weighted by atomic mass is 16.3. The Morgan fingerprint density at radius 1 is 1.24 bits per heavy atom. The van der Waals surface area contributed by atoms with Crippen LogP contribution in [0, 0.1) is 0 Å². The fourth-order valence-corrected chi connectivity index (χ4v) is 3.94. The molecule has 3 N–H and O–H groups in total. The van der Waals surface area contributed by atoms with E-state index in [4.69, 9.17) is 4.98 Å². The number of nitrogens with zero attached hydrogens (tertiary/aromatic N) is 2. The van der Waals surface area contributed by atoms with Gasteiger partial charge >= 0.3 is 0 Å². The Bertz CT molecular complexity index is 1050. The largest absolute Gasteiger partial charge is 0.508 e. The van der Waals surface area contributed by atoms with Gasteiger partial charge in [-0.15, -0.1) is 0 Å². The van der Waals surface area contributed by atoms with Gasteiger partial charge in [-0.1, -0.05) is 25.5 Å². The van der Waals surface area contributed by atoms with Crippen molar-refractivity contribution < 1.29 is 5.11 Å². The molecule has 1 fully saturated rings. The van der Waals surface area contributed by atoms with Crippen molar-refractivity contribution in [2.75, 3.05) is 18.4 Å². The minimum atomic E-state index is -0.0409. The maximum absolute atomic E-state index is 13.5. The van der Waals surface area contributed by atoms with Crippen molar-refractivity contribution in [3.05, 3.63) is 52.8 Å². The number of phenolic OH excluding ortho intramolecular Hbond substituents is 1. The number of benzene rings is 2. The zero-order chi connectivity index (χ0) is 20.2. The van der Waals surface area contributed by atoms with Crippen LogP contribution < -0.4 is 16.2 Å². The Morgan fingerprint density at radius 2 is 2.14 bits per heavy atom. The lowest BCUT2D eigenvalue weighted by Crippen LogP contribution is -2.40. The topological polar surface area (TPSA) is 79.2 Å². The molecule has 2 heterocycles. The smallest absolute Gasteiger partial charge is 0.261 e. The summed E-state index contributed by atoms with van der Waals surface area (Å²) in [6.07, 6.45) is 4.40. The molecule has 1 aliphatic rings. The zero-order valence-corrected chi connectivity index (χ0v) is 16.8. The molecule has 0 bridgehead atoms. The van der Waals surface area contributed by atoms with Gasteiger partial charge in [0.05, 0.1) is 10.9 Å². The molecule has 29 heavy (non-hydrogen) atoms. The number of fused-ring (bicyclic) bond motifs is 1. The SMILES string of the molecule is CCCNc1ccc2nc(-c3cccc(O)c3)n(CC3CCCCN3)c(=O)c2c1. The van der Waals surface area contributed by atoms with Gasteiger partial charge < -0.3 is 15.7 Å². The molecule has 4 rings (SSSR count). The standard InChI is InChI=1S/C23H28N4O2/c1-2-11-24-17-9-10-21-20(14-17)23(29)27(15-18-7-3-4-12-25-18)22(26-21)16-6-5-8-19(28)13-16/h5-6,8-10,13-14,18,24-25,28H,2-4,7,11-12,15H2,1H3. The lowest BCUT2D eigenvalue weighted by atomic mass is 10.0. The number of anilines is 1. The van der Waals surface area contributed by atoms with Crippen LogP contribution in [-0.2, 0) is 6.54 Å². The summed E-state index contributed by atoms with van der Waals surface area (Å²) >= 11 is 0. The second kappa shape index (κ2) is 8.66. The number of phenols is 1. The Kier molecular flexibility index (Phi) is 5.81. The third-order valence-corrected chi connectivity index (χ3v) is 5.45. The Labute approximate surface area is 170 Å². The van der Waals surface area contributed by atoms with Gasteiger partial charge in [0.25, 0.3) is 5.56 Å². The minimum absolute atomic E-state index is 0.0409. The average molecular weight is 393 g/mol. The number of hydrogen-bond donors (Lipinski definition) is 3. The van der Waals surface area contributed by atoms with Crippen LogP contribution >= 0.6 is 0 Å². The summed E-state index contributed by atoms with van der Waals surface area (Å²) in [5, 5.41) is 17.4. The molecule has 1 aliphatic heterocycles. The van der Waals surface area contributed by atoms with Crippen molar-refractivity contribution in [2.45, 2.75) is 45.2 Å². The van der Waals surface area contributed by atoms with Crippen molar-refractivity contribution >= 4 is 16.6 Å². The molecule has 1 atom stereocenters. The van der Waals surface area contributed by atoms with E-state index in [1.807, 2.05) is 24.3 Å². The molecule has 152 valence electrons. The second-order valence-electron chi connectivity index (χ2n) is 7.71. The first-order valence-electron chi connectivity index (χ1n) is 10.5. The molecule has 3 aromatic rings. The van der Waals surface area contributed by atoms with Gasteiger partial charge in [0, 0.05) is 30.4 Å². The van der Waals surface area contributed by atoms with E-state index in [1.54, 1.807) is 22.8 Å². The van der Waals surface area contributed by atoms with Crippen molar-refractivity contribution in [1.82, 2.24) is 14.9 Å². The minimum Gasteiger partial charge on any atom is -0.508 e. The van der Waals surface area contributed by atoms with E-state index in [9.17, 15) is 9.90 Å². The number of rotatable bonds is 6. The summed E-state index contributed by atoms with van der Waals surface area (Å²) in [7, 11) is 0. The highest BCUT2D eigenvalue weighted by Gasteiger charge is 2.19. The monoisotopic (exact) mass is 392 g/mol. The average Bonchev–Trinajstić information content (AvgIpc) is 2.75. The maximum atomic E-state index is 13.5. The van der Waals surface area contributed by atoms with Gasteiger partial charge in [0.2, 0.25) is 0 Å². The normalized spacial score (nSPS) is 16.8. The summed E-state index contributed by atoms with van der Waals surface area (Å²) in [5.74, 6) is 0.762. The summed E-state index contributed by atoms with van der Waals surface area (Å²) in [6.45, 7) is 4.52. The van der Waals surface area contributed by atoms with Gasteiger partial charge in [-0.05, 0) is 56.1 Å². The Hall–Kier alpha value is -2.86. The van der Waals surface area contributed by atoms with Gasteiger partial charge in [0.1, 0.15) is 11.6 Å². The van der Waals surface area contributed by atoms with Crippen LogP contribution in [0.3, 0.4) is 0 Å². The predicted molar refractivity (Wildman–Crippen MR) is 118 cm³/mol. The van der Waals surface area contributed by atoms with Crippen LogP contribution in [0.25, 0.3) is 22.3 Å². The van der Waals surface area contributed by atoms with Crippen LogP contribution in [0.15, 0.2) is 47.3 Å². The fraction of sp³-hybridized carbons (Fsp3) is 0.391. The van der Waals surface area contributed by atoms with E-state index >= 15 is 0 Å². The third-order valence-electron chi connectivity index (χ3n) is 5.45. The molecule has 0 saturated carbocycles. The van der Waals surface area contributed by atoms with E-state index in [0.717, 1.165) is 37.2 Å². The maximum Gasteiger partial charge on any atom is 0.261 e. The van der Waals surface area contributed by atoms with E-state index in [0.29, 0.717) is 23.3 Å². The number of piperidine rings is 1. The lowest BCUT2D eigenvalue weighted by molar-refractivity contribution is 0.360. The first-order valence-corrected chi connectivity index (χ1v) is 10.5. The fourth-order valence-electron chi connectivity index (χ4n) is 3.94. The van der Waals surface area contributed by atoms with Crippen LogP contribution in [-0.4, -0.2) is 33.8 Å². The van der Waals surface area contributed by atoms with Crippen molar-refractivity contribution in [2.24, 2.45) is 0 Å². The summed E-state index contributed by atoms with van der Waals surface area (Å²) in [5.41, 5.74) is 2.31. The van der Waals surface area contributed by atoms with Crippen molar-refractivity contribution in [3.63, 3.8) is 0 Å². The molecular weight excluding hydrogens is 364 g/mol. The molecule has 6 heteroatoms. The van der Waals surface area contributed by atoms with Crippen LogP contribution in [0.2, 0.25) is 0 Å².